The number of likely N-dealkylation sites (tertiary alicyclic amines) is 1. The standard InChI is InChI=1S/C22H23N5O2S/c1-14-17(21(28)26-16-8-4-3-5-9-16)12-23-20(25-14)18-10-6-7-11-27(18)22(29)19-15(2)24-13-30-19/h3-5,8-9,12-13,18H,6-7,10-11H2,1-2H3,(H,26,28)/t18-/m0/s1. The van der Waals surface area contributed by atoms with Gasteiger partial charge in [0.05, 0.1) is 28.5 Å². The van der Waals surface area contributed by atoms with Crippen LogP contribution in [0.5, 0.6) is 0 Å². The van der Waals surface area contributed by atoms with E-state index in [9.17, 15) is 9.59 Å². The number of amides is 2. The molecule has 7 nitrogen and oxygen atoms in total. The van der Waals surface area contributed by atoms with E-state index in [1.54, 1.807) is 18.6 Å². The lowest BCUT2D eigenvalue weighted by molar-refractivity contribution is 0.0603. The van der Waals surface area contributed by atoms with Crippen LogP contribution in [-0.4, -0.2) is 38.2 Å². The van der Waals surface area contributed by atoms with Gasteiger partial charge in [-0.05, 0) is 45.2 Å². The molecule has 154 valence electrons. The Hall–Kier alpha value is -3.13. The third kappa shape index (κ3) is 4.09. The van der Waals surface area contributed by atoms with E-state index in [1.165, 1.54) is 11.3 Å². The first-order valence-corrected chi connectivity index (χ1v) is 10.8. The lowest BCUT2D eigenvalue weighted by atomic mass is 10.0. The Morgan fingerprint density at radius 3 is 2.60 bits per heavy atom. The number of rotatable bonds is 4. The smallest absolute Gasteiger partial charge is 0.266 e. The predicted molar refractivity (Wildman–Crippen MR) is 116 cm³/mol. The molecule has 2 amide bonds. The molecule has 0 saturated carbocycles. The van der Waals surface area contributed by atoms with Crippen molar-refractivity contribution in [3.8, 4) is 0 Å². The van der Waals surface area contributed by atoms with Gasteiger partial charge in [-0.25, -0.2) is 15.0 Å². The van der Waals surface area contributed by atoms with Crippen LogP contribution in [0.2, 0.25) is 0 Å². The van der Waals surface area contributed by atoms with Gasteiger partial charge in [-0.2, -0.15) is 0 Å². The lowest BCUT2D eigenvalue weighted by Crippen LogP contribution is -2.39. The minimum absolute atomic E-state index is 0.0214. The van der Waals surface area contributed by atoms with E-state index < -0.39 is 0 Å². The first-order chi connectivity index (χ1) is 14.5. The molecular weight excluding hydrogens is 398 g/mol. The van der Waals surface area contributed by atoms with Gasteiger partial charge < -0.3 is 10.2 Å². The summed E-state index contributed by atoms with van der Waals surface area (Å²) in [5, 5.41) is 2.86. The van der Waals surface area contributed by atoms with Crippen LogP contribution in [-0.2, 0) is 0 Å². The Morgan fingerprint density at radius 2 is 1.90 bits per heavy atom. The van der Waals surface area contributed by atoms with Crippen molar-refractivity contribution < 1.29 is 9.59 Å². The van der Waals surface area contributed by atoms with Gasteiger partial charge in [0.1, 0.15) is 4.88 Å². The van der Waals surface area contributed by atoms with Gasteiger partial charge in [0.15, 0.2) is 5.82 Å². The number of benzene rings is 1. The second-order valence-electron chi connectivity index (χ2n) is 7.32. The monoisotopic (exact) mass is 421 g/mol. The van der Waals surface area contributed by atoms with Gasteiger partial charge in [-0.15, -0.1) is 11.3 Å². The molecule has 0 unspecified atom stereocenters. The van der Waals surface area contributed by atoms with E-state index in [2.05, 4.69) is 20.3 Å². The molecule has 1 aliphatic rings. The summed E-state index contributed by atoms with van der Waals surface area (Å²) in [7, 11) is 0. The van der Waals surface area contributed by atoms with E-state index in [1.807, 2.05) is 42.2 Å². The van der Waals surface area contributed by atoms with E-state index >= 15 is 0 Å². The zero-order valence-electron chi connectivity index (χ0n) is 17.0. The molecule has 2 aromatic heterocycles. The van der Waals surface area contributed by atoms with Crippen LogP contribution in [0.1, 0.15) is 62.5 Å². The Balaban J connectivity index is 1.57. The maximum atomic E-state index is 13.1. The highest BCUT2D eigenvalue weighted by Crippen LogP contribution is 2.31. The van der Waals surface area contributed by atoms with Crippen LogP contribution in [0.25, 0.3) is 0 Å². The number of hydrogen-bond acceptors (Lipinski definition) is 6. The molecule has 0 bridgehead atoms. The maximum absolute atomic E-state index is 13.1. The zero-order chi connectivity index (χ0) is 21.1. The molecule has 1 fully saturated rings. The molecule has 4 rings (SSSR count). The highest BCUT2D eigenvalue weighted by Gasteiger charge is 2.32. The van der Waals surface area contributed by atoms with E-state index in [4.69, 9.17) is 0 Å². The molecule has 1 atom stereocenters. The average molecular weight is 422 g/mol. The topological polar surface area (TPSA) is 88.1 Å². The fraction of sp³-hybridized carbons (Fsp3) is 0.318. The first-order valence-electron chi connectivity index (χ1n) is 9.95. The van der Waals surface area contributed by atoms with Crippen molar-refractivity contribution in [1.29, 1.82) is 0 Å². The number of thiazole rings is 1. The summed E-state index contributed by atoms with van der Waals surface area (Å²) in [5.41, 5.74) is 4.19. The van der Waals surface area contributed by atoms with Gasteiger partial charge in [0.2, 0.25) is 0 Å². The molecule has 1 N–H and O–H groups in total. The number of hydrogen-bond donors (Lipinski definition) is 1. The number of aromatic nitrogens is 3. The maximum Gasteiger partial charge on any atom is 0.266 e. The van der Waals surface area contributed by atoms with E-state index in [0.717, 1.165) is 30.6 Å². The molecule has 1 aliphatic heterocycles. The van der Waals surface area contributed by atoms with Crippen molar-refractivity contribution in [1.82, 2.24) is 19.9 Å². The number of nitrogens with one attached hydrogen (secondary N) is 1. The molecule has 30 heavy (non-hydrogen) atoms. The number of piperidine rings is 1. The largest absolute Gasteiger partial charge is 0.328 e. The van der Waals surface area contributed by atoms with Gasteiger partial charge in [0.25, 0.3) is 11.8 Å². The second-order valence-corrected chi connectivity index (χ2v) is 8.18. The normalized spacial score (nSPS) is 16.3. The minimum Gasteiger partial charge on any atom is -0.328 e. The highest BCUT2D eigenvalue weighted by atomic mass is 32.1. The Bertz CT molecular complexity index is 1070. The third-order valence-corrected chi connectivity index (χ3v) is 6.19. The molecule has 1 aromatic carbocycles. The Kier molecular flexibility index (Phi) is 5.85. The van der Waals surface area contributed by atoms with Crippen LogP contribution < -0.4 is 5.32 Å². The molecule has 0 spiro atoms. The summed E-state index contributed by atoms with van der Waals surface area (Å²) in [4.78, 5) is 41.6. The summed E-state index contributed by atoms with van der Waals surface area (Å²) in [6.07, 6.45) is 4.33. The molecule has 3 aromatic rings. The van der Waals surface area contributed by atoms with Crippen molar-refractivity contribution in [3.63, 3.8) is 0 Å². The predicted octanol–water partition coefficient (Wildman–Crippen LogP) is 4.17. The van der Waals surface area contributed by atoms with Crippen LogP contribution >= 0.6 is 11.3 Å². The first kappa shape index (κ1) is 20.2. The number of aryl methyl sites for hydroxylation is 2. The van der Waals surface area contributed by atoms with Gasteiger partial charge >= 0.3 is 0 Å². The second kappa shape index (κ2) is 8.71. The van der Waals surface area contributed by atoms with Crippen LogP contribution in [0.4, 0.5) is 5.69 Å². The van der Waals surface area contributed by atoms with Crippen molar-refractivity contribution in [3.05, 3.63) is 69.7 Å². The number of carbonyl (C=O) groups excluding carboxylic acids is 2. The van der Waals surface area contributed by atoms with Crippen molar-refractivity contribution in [2.24, 2.45) is 0 Å². The van der Waals surface area contributed by atoms with E-state index in [-0.39, 0.29) is 17.9 Å². The average Bonchev–Trinajstić information content (AvgIpc) is 3.19. The fourth-order valence-electron chi connectivity index (χ4n) is 3.67. The van der Waals surface area contributed by atoms with Gasteiger partial charge in [-0.1, -0.05) is 18.2 Å². The molecule has 0 aliphatic carbocycles. The van der Waals surface area contributed by atoms with Crippen LogP contribution in [0.3, 0.4) is 0 Å². The van der Waals surface area contributed by atoms with Crippen LogP contribution in [0.15, 0.2) is 42.0 Å². The molecule has 1 saturated heterocycles. The van der Waals surface area contributed by atoms with Crippen molar-refractivity contribution in [2.45, 2.75) is 39.2 Å². The number of nitrogens with zero attached hydrogens (tertiary/aromatic N) is 4. The van der Waals surface area contributed by atoms with Gasteiger partial charge in [0, 0.05) is 18.4 Å². The Labute approximate surface area is 179 Å². The Morgan fingerprint density at radius 1 is 1.10 bits per heavy atom. The quantitative estimate of drug-likeness (QED) is 0.683. The number of carbonyl (C=O) groups is 2. The zero-order valence-corrected chi connectivity index (χ0v) is 17.8. The SMILES string of the molecule is Cc1nc([C@@H]2CCCCN2C(=O)c2scnc2C)ncc1C(=O)Nc1ccccc1. The highest BCUT2D eigenvalue weighted by molar-refractivity contribution is 7.11. The van der Waals surface area contributed by atoms with Crippen molar-refractivity contribution in [2.75, 3.05) is 11.9 Å². The summed E-state index contributed by atoms with van der Waals surface area (Å²) in [5.74, 6) is 0.313. The van der Waals surface area contributed by atoms with Crippen LogP contribution in [0, 0.1) is 13.8 Å². The van der Waals surface area contributed by atoms with Gasteiger partial charge in [-0.3, -0.25) is 9.59 Å². The van der Waals surface area contributed by atoms with Crippen molar-refractivity contribution >= 4 is 28.8 Å². The molecule has 0 radical (unpaired) electrons. The molecule has 8 heteroatoms. The minimum atomic E-state index is -0.248. The fourth-order valence-corrected chi connectivity index (χ4v) is 4.43. The number of anilines is 1. The molecular formula is C22H23N5O2S. The molecule has 3 heterocycles. The lowest BCUT2D eigenvalue weighted by Gasteiger charge is -2.34. The summed E-state index contributed by atoms with van der Waals surface area (Å²) >= 11 is 1.36. The summed E-state index contributed by atoms with van der Waals surface area (Å²) < 4.78 is 0. The number of para-hydroxylation sites is 1. The van der Waals surface area contributed by atoms with E-state index in [0.29, 0.717) is 28.5 Å². The summed E-state index contributed by atoms with van der Waals surface area (Å²) in [6, 6.07) is 9.08. The summed E-state index contributed by atoms with van der Waals surface area (Å²) in [6.45, 7) is 4.32. The third-order valence-electron chi connectivity index (χ3n) is 5.28.